The van der Waals surface area contributed by atoms with E-state index in [1.165, 1.54) is 47.8 Å². The summed E-state index contributed by atoms with van der Waals surface area (Å²) in [5.41, 5.74) is 4.26. The number of aromatic nitrogens is 2. The molecule has 21 heavy (non-hydrogen) atoms. The highest BCUT2D eigenvalue weighted by Crippen LogP contribution is 2.31. The van der Waals surface area contributed by atoms with Gasteiger partial charge in [-0.1, -0.05) is 6.42 Å². The maximum Gasteiger partial charge on any atom is 0.303 e. The molecule has 4 nitrogen and oxygen atoms in total. The predicted molar refractivity (Wildman–Crippen MR) is 82.5 cm³/mol. The topological polar surface area (TPSA) is 55.1 Å². The largest absolute Gasteiger partial charge is 0.481 e. The highest BCUT2D eigenvalue weighted by molar-refractivity contribution is 5.85. The first-order chi connectivity index (χ1) is 10.3. The number of carboxylic acids is 1. The van der Waals surface area contributed by atoms with Crippen molar-refractivity contribution in [2.45, 2.75) is 57.9 Å². The van der Waals surface area contributed by atoms with Gasteiger partial charge in [0.2, 0.25) is 0 Å². The number of hydrogen-bond acceptors (Lipinski definition) is 2. The Labute approximate surface area is 124 Å². The Hall–Kier alpha value is -1.84. The molecule has 0 amide bonds. The van der Waals surface area contributed by atoms with Crippen LogP contribution in [0, 0.1) is 0 Å². The van der Waals surface area contributed by atoms with Crippen molar-refractivity contribution in [3.05, 3.63) is 29.7 Å². The lowest BCUT2D eigenvalue weighted by atomic mass is 9.96. The van der Waals surface area contributed by atoms with E-state index in [2.05, 4.69) is 15.6 Å². The van der Waals surface area contributed by atoms with Crippen LogP contribution in [0.1, 0.15) is 49.8 Å². The molecule has 0 radical (unpaired) electrons. The van der Waals surface area contributed by atoms with Crippen LogP contribution in [0.2, 0.25) is 0 Å². The lowest BCUT2D eigenvalue weighted by molar-refractivity contribution is -0.137. The summed E-state index contributed by atoms with van der Waals surface area (Å²) in [5, 5.41) is 10.0. The van der Waals surface area contributed by atoms with Gasteiger partial charge in [0, 0.05) is 30.2 Å². The quantitative estimate of drug-likeness (QED) is 0.826. The molecule has 2 heterocycles. The van der Waals surface area contributed by atoms with Crippen LogP contribution in [0.5, 0.6) is 0 Å². The highest BCUT2D eigenvalue weighted by Gasteiger charge is 2.19. The Morgan fingerprint density at radius 1 is 1.24 bits per heavy atom. The van der Waals surface area contributed by atoms with Gasteiger partial charge < -0.3 is 9.67 Å². The molecule has 112 valence electrons. The van der Waals surface area contributed by atoms with E-state index >= 15 is 0 Å². The number of nitrogens with zero attached hydrogens (tertiary/aromatic N) is 2. The molecule has 0 bridgehead atoms. The third kappa shape index (κ3) is 2.94. The van der Waals surface area contributed by atoms with Gasteiger partial charge in [0.1, 0.15) is 0 Å². The van der Waals surface area contributed by atoms with Gasteiger partial charge in [0.15, 0.2) is 0 Å². The number of pyridine rings is 1. The van der Waals surface area contributed by atoms with Crippen molar-refractivity contribution >= 4 is 16.9 Å². The molecule has 0 fully saturated rings. The van der Waals surface area contributed by atoms with Crippen LogP contribution in [-0.2, 0) is 24.2 Å². The van der Waals surface area contributed by atoms with Crippen molar-refractivity contribution in [3.8, 4) is 0 Å². The molecule has 0 saturated heterocycles. The molecule has 0 unspecified atom stereocenters. The average Bonchev–Trinajstić information content (AvgIpc) is 2.81. The third-order valence-electron chi connectivity index (χ3n) is 4.45. The predicted octanol–water partition coefficient (Wildman–Crippen LogP) is 3.56. The Morgan fingerprint density at radius 3 is 2.95 bits per heavy atom. The van der Waals surface area contributed by atoms with Crippen molar-refractivity contribution in [2.24, 2.45) is 0 Å². The molecule has 0 atom stereocenters. The summed E-state index contributed by atoms with van der Waals surface area (Å²) in [6, 6.07) is 2.14. The minimum absolute atomic E-state index is 0.284. The van der Waals surface area contributed by atoms with Gasteiger partial charge >= 0.3 is 5.97 Å². The summed E-state index contributed by atoms with van der Waals surface area (Å²) < 4.78 is 2.43. The molecular formula is C17H22N2O2. The molecule has 0 aromatic carbocycles. The van der Waals surface area contributed by atoms with E-state index in [1.807, 2.05) is 12.4 Å². The standard InChI is InChI=1S/C17H22N2O2/c20-17(21)8-2-1-5-11-19-15-7-4-3-6-13(15)14-9-10-18-12-16(14)19/h9-10,12H,1-8,11H2,(H,20,21). The smallest absolute Gasteiger partial charge is 0.303 e. The van der Waals surface area contributed by atoms with E-state index < -0.39 is 5.97 Å². The first kappa shape index (κ1) is 14.1. The van der Waals surface area contributed by atoms with Crippen LogP contribution >= 0.6 is 0 Å². The number of aryl methyl sites for hydroxylation is 2. The normalized spacial score (nSPS) is 14.3. The van der Waals surface area contributed by atoms with Gasteiger partial charge in [-0.25, -0.2) is 0 Å². The first-order valence-electron chi connectivity index (χ1n) is 7.93. The van der Waals surface area contributed by atoms with Crippen LogP contribution in [0.4, 0.5) is 0 Å². The summed E-state index contributed by atoms with van der Waals surface area (Å²) in [7, 11) is 0. The van der Waals surface area contributed by atoms with Gasteiger partial charge in [0.05, 0.1) is 11.7 Å². The lowest BCUT2D eigenvalue weighted by Crippen LogP contribution is -2.08. The zero-order chi connectivity index (χ0) is 14.7. The number of rotatable bonds is 6. The Morgan fingerprint density at radius 2 is 2.10 bits per heavy atom. The molecule has 0 spiro atoms. The number of unbranched alkanes of at least 4 members (excludes halogenated alkanes) is 2. The van der Waals surface area contributed by atoms with Crippen LogP contribution in [0.15, 0.2) is 18.5 Å². The van der Waals surface area contributed by atoms with Gasteiger partial charge in [-0.2, -0.15) is 0 Å². The van der Waals surface area contributed by atoms with Crippen molar-refractivity contribution in [3.63, 3.8) is 0 Å². The van der Waals surface area contributed by atoms with Crippen molar-refractivity contribution < 1.29 is 9.90 Å². The van der Waals surface area contributed by atoms with Crippen molar-refractivity contribution in [1.29, 1.82) is 0 Å². The SMILES string of the molecule is O=C(O)CCCCCn1c2c(c3ccncc31)CCCC2. The molecule has 2 aromatic heterocycles. The van der Waals surface area contributed by atoms with Crippen LogP contribution in [0.25, 0.3) is 10.9 Å². The highest BCUT2D eigenvalue weighted by atomic mass is 16.4. The number of aliphatic carboxylic acids is 1. The second-order valence-corrected chi connectivity index (χ2v) is 5.88. The number of hydrogen-bond donors (Lipinski definition) is 1. The number of carbonyl (C=O) groups is 1. The molecule has 4 heteroatoms. The summed E-state index contributed by atoms with van der Waals surface area (Å²) >= 11 is 0. The first-order valence-corrected chi connectivity index (χ1v) is 7.93. The minimum Gasteiger partial charge on any atom is -0.481 e. The third-order valence-corrected chi connectivity index (χ3v) is 4.45. The maximum atomic E-state index is 10.5. The molecular weight excluding hydrogens is 264 g/mol. The number of carboxylic acid groups (broad SMARTS) is 1. The molecule has 1 aliphatic rings. The molecule has 1 N–H and O–H groups in total. The van der Waals surface area contributed by atoms with Crippen LogP contribution in [0.3, 0.4) is 0 Å². The fraction of sp³-hybridized carbons (Fsp3) is 0.529. The van der Waals surface area contributed by atoms with Gasteiger partial charge in [-0.15, -0.1) is 0 Å². The van der Waals surface area contributed by atoms with Crippen LogP contribution in [-0.4, -0.2) is 20.6 Å². The fourth-order valence-electron chi connectivity index (χ4n) is 3.46. The molecule has 2 aromatic rings. The van der Waals surface area contributed by atoms with E-state index in [4.69, 9.17) is 5.11 Å². The summed E-state index contributed by atoms with van der Waals surface area (Å²) in [5.74, 6) is -0.692. The summed E-state index contributed by atoms with van der Waals surface area (Å²) in [6.07, 6.45) is 11.8. The van der Waals surface area contributed by atoms with E-state index in [9.17, 15) is 4.79 Å². The Kier molecular flexibility index (Phi) is 4.23. The summed E-state index contributed by atoms with van der Waals surface area (Å²) in [4.78, 5) is 14.8. The summed E-state index contributed by atoms with van der Waals surface area (Å²) in [6.45, 7) is 0.983. The molecule has 1 aliphatic carbocycles. The van der Waals surface area contributed by atoms with Crippen LogP contribution < -0.4 is 0 Å². The van der Waals surface area contributed by atoms with Gasteiger partial charge in [-0.05, 0) is 50.2 Å². The maximum absolute atomic E-state index is 10.5. The van der Waals surface area contributed by atoms with Crippen molar-refractivity contribution in [1.82, 2.24) is 9.55 Å². The zero-order valence-corrected chi connectivity index (χ0v) is 12.3. The molecule has 3 rings (SSSR count). The van der Waals surface area contributed by atoms with E-state index in [0.717, 1.165) is 25.8 Å². The van der Waals surface area contributed by atoms with E-state index in [-0.39, 0.29) is 6.42 Å². The van der Waals surface area contributed by atoms with Crippen molar-refractivity contribution in [2.75, 3.05) is 0 Å². The second kappa shape index (κ2) is 6.29. The van der Waals surface area contributed by atoms with Gasteiger partial charge in [0.25, 0.3) is 0 Å². The molecule has 0 aliphatic heterocycles. The van der Waals surface area contributed by atoms with E-state index in [1.54, 1.807) is 0 Å². The minimum atomic E-state index is -0.692. The van der Waals surface area contributed by atoms with Gasteiger partial charge in [-0.3, -0.25) is 9.78 Å². The Bertz CT molecular complexity index is 646. The average molecular weight is 286 g/mol. The monoisotopic (exact) mass is 286 g/mol. The second-order valence-electron chi connectivity index (χ2n) is 5.88. The lowest BCUT2D eigenvalue weighted by Gasteiger charge is -2.15. The molecule has 0 saturated carbocycles. The van der Waals surface area contributed by atoms with E-state index in [0.29, 0.717) is 0 Å². The fourth-order valence-corrected chi connectivity index (χ4v) is 3.46. The Balaban J connectivity index is 1.76. The zero-order valence-electron chi connectivity index (χ0n) is 12.3. The number of fused-ring (bicyclic) bond motifs is 3.